The fourth-order valence-corrected chi connectivity index (χ4v) is 6.36. The molecule has 0 unspecified atom stereocenters. The third-order valence-electron chi connectivity index (χ3n) is 5.40. The summed E-state index contributed by atoms with van der Waals surface area (Å²) in [4.78, 5) is 0.186. The van der Waals surface area contributed by atoms with Crippen molar-refractivity contribution in [1.29, 1.82) is 0 Å². The number of rotatable bonds is 7. The number of nitrogens with one attached hydrogen (secondary N) is 1. The molecule has 0 aromatic heterocycles. The van der Waals surface area contributed by atoms with Crippen LogP contribution in [0.25, 0.3) is 0 Å². The smallest absolute Gasteiger partial charge is 0.208 e. The third kappa shape index (κ3) is 5.06. The predicted molar refractivity (Wildman–Crippen MR) is 114 cm³/mol. The van der Waals surface area contributed by atoms with Gasteiger partial charge in [0.25, 0.3) is 0 Å². The van der Waals surface area contributed by atoms with Crippen molar-refractivity contribution in [2.75, 3.05) is 13.1 Å². The third-order valence-corrected chi connectivity index (χ3v) is 8.88. The molecule has 1 fully saturated rings. The lowest BCUT2D eigenvalue weighted by Gasteiger charge is -2.32. The minimum absolute atomic E-state index is 0.0672. The maximum absolute atomic E-state index is 13.1. The van der Waals surface area contributed by atoms with E-state index < -0.39 is 20.0 Å². The summed E-state index contributed by atoms with van der Waals surface area (Å²) in [7, 11) is -7.34. The van der Waals surface area contributed by atoms with Gasteiger partial charge < -0.3 is 0 Å². The highest BCUT2D eigenvalue weighted by Gasteiger charge is 2.31. The molecule has 0 saturated carbocycles. The highest BCUT2D eigenvalue weighted by molar-refractivity contribution is 7.89. The first kappa shape index (κ1) is 22.0. The summed E-state index contributed by atoms with van der Waals surface area (Å²) in [5.74, 6) is 0.166. The maximum atomic E-state index is 13.1. The Morgan fingerprint density at radius 1 is 1.00 bits per heavy atom. The first-order chi connectivity index (χ1) is 13.7. The first-order valence-electron chi connectivity index (χ1n) is 9.91. The van der Waals surface area contributed by atoms with Crippen molar-refractivity contribution in [2.45, 2.75) is 54.9 Å². The van der Waals surface area contributed by atoms with Crippen molar-refractivity contribution >= 4 is 20.0 Å². The molecule has 0 spiro atoms. The molecular formula is C21H28N2O4S2. The first-order valence-corrected chi connectivity index (χ1v) is 12.8. The zero-order valence-corrected chi connectivity index (χ0v) is 18.4. The Bertz CT molecular complexity index is 1020. The Balaban J connectivity index is 1.79. The van der Waals surface area contributed by atoms with E-state index in [1.807, 2.05) is 37.3 Å². The Morgan fingerprint density at radius 3 is 2.24 bits per heavy atom. The van der Waals surface area contributed by atoms with Gasteiger partial charge in [-0.25, -0.2) is 21.6 Å². The number of piperidine rings is 1. The van der Waals surface area contributed by atoms with Crippen LogP contribution in [0.4, 0.5) is 0 Å². The Labute approximate surface area is 174 Å². The molecule has 2 aromatic rings. The quantitative estimate of drug-likeness (QED) is 0.722. The van der Waals surface area contributed by atoms with Crippen LogP contribution in [-0.2, 0) is 20.0 Å². The molecule has 1 heterocycles. The minimum Gasteiger partial charge on any atom is -0.208 e. The zero-order chi connectivity index (χ0) is 21.1. The van der Waals surface area contributed by atoms with E-state index in [4.69, 9.17) is 0 Å². The van der Waals surface area contributed by atoms with Crippen LogP contribution in [0.2, 0.25) is 0 Å². The van der Waals surface area contributed by atoms with Crippen LogP contribution in [0.15, 0.2) is 64.4 Å². The highest BCUT2D eigenvalue weighted by Crippen LogP contribution is 2.30. The van der Waals surface area contributed by atoms with Crippen LogP contribution >= 0.6 is 0 Å². The molecule has 0 radical (unpaired) electrons. The molecular weight excluding hydrogens is 408 g/mol. The predicted octanol–water partition coefficient (Wildman–Crippen LogP) is 3.33. The highest BCUT2D eigenvalue weighted by atomic mass is 32.2. The SMILES string of the molecule is CC[C@H](C)NS(=O)(=O)c1ccc(S(=O)(=O)N2CCC[C@H](c3ccccc3)C2)cc1. The number of hydrogen-bond donors (Lipinski definition) is 1. The normalized spacial score (nSPS) is 19.7. The van der Waals surface area contributed by atoms with E-state index in [0.717, 1.165) is 18.4 Å². The molecule has 1 N–H and O–H groups in total. The summed E-state index contributed by atoms with van der Waals surface area (Å²) in [6.07, 6.45) is 2.42. The van der Waals surface area contributed by atoms with Crippen molar-refractivity contribution < 1.29 is 16.8 Å². The van der Waals surface area contributed by atoms with Crippen LogP contribution < -0.4 is 4.72 Å². The molecule has 158 valence electrons. The topological polar surface area (TPSA) is 83.5 Å². The summed E-state index contributed by atoms with van der Waals surface area (Å²) < 4.78 is 55.1. The van der Waals surface area contributed by atoms with E-state index in [0.29, 0.717) is 19.5 Å². The van der Waals surface area contributed by atoms with Crippen LogP contribution in [0.1, 0.15) is 44.6 Å². The van der Waals surface area contributed by atoms with E-state index in [1.54, 1.807) is 6.92 Å². The molecule has 2 aromatic carbocycles. The minimum atomic E-state index is -3.67. The number of nitrogens with zero attached hydrogens (tertiary/aromatic N) is 1. The van der Waals surface area contributed by atoms with Gasteiger partial charge in [-0.1, -0.05) is 37.3 Å². The van der Waals surface area contributed by atoms with Crippen LogP contribution in [0, 0.1) is 0 Å². The van der Waals surface area contributed by atoms with Gasteiger partial charge in [0.2, 0.25) is 20.0 Å². The van der Waals surface area contributed by atoms with Gasteiger partial charge in [0, 0.05) is 19.1 Å². The summed E-state index contributed by atoms with van der Waals surface area (Å²) in [5.41, 5.74) is 1.14. The number of benzene rings is 2. The second kappa shape index (κ2) is 8.95. The molecule has 29 heavy (non-hydrogen) atoms. The average Bonchev–Trinajstić information content (AvgIpc) is 2.74. The van der Waals surface area contributed by atoms with Gasteiger partial charge in [0.05, 0.1) is 9.79 Å². The van der Waals surface area contributed by atoms with Crippen LogP contribution in [0.5, 0.6) is 0 Å². The van der Waals surface area contributed by atoms with E-state index in [-0.39, 0.29) is 21.8 Å². The van der Waals surface area contributed by atoms with Gasteiger partial charge in [-0.05, 0) is 61.9 Å². The largest absolute Gasteiger partial charge is 0.243 e. The van der Waals surface area contributed by atoms with Gasteiger partial charge in [0.15, 0.2) is 0 Å². The average molecular weight is 437 g/mol. The van der Waals surface area contributed by atoms with E-state index >= 15 is 0 Å². The molecule has 1 saturated heterocycles. The molecule has 6 nitrogen and oxygen atoms in total. The molecule has 0 bridgehead atoms. The second-order valence-electron chi connectivity index (χ2n) is 7.51. The Kier molecular flexibility index (Phi) is 6.78. The monoisotopic (exact) mass is 436 g/mol. The molecule has 1 aliphatic heterocycles. The number of sulfonamides is 2. The summed E-state index contributed by atoms with van der Waals surface area (Å²) in [5, 5.41) is 0. The van der Waals surface area contributed by atoms with Gasteiger partial charge in [-0.15, -0.1) is 0 Å². The molecule has 1 aliphatic rings. The summed E-state index contributed by atoms with van der Waals surface area (Å²) in [6, 6.07) is 15.2. The van der Waals surface area contributed by atoms with Gasteiger partial charge in [0.1, 0.15) is 0 Å². The fraction of sp³-hybridized carbons (Fsp3) is 0.429. The second-order valence-corrected chi connectivity index (χ2v) is 11.2. The van der Waals surface area contributed by atoms with E-state index in [1.165, 1.54) is 28.6 Å². The van der Waals surface area contributed by atoms with Gasteiger partial charge >= 0.3 is 0 Å². The van der Waals surface area contributed by atoms with Crippen LogP contribution in [-0.4, -0.2) is 40.3 Å². The van der Waals surface area contributed by atoms with Crippen LogP contribution in [0.3, 0.4) is 0 Å². The van der Waals surface area contributed by atoms with E-state index in [2.05, 4.69) is 4.72 Å². The summed E-state index contributed by atoms with van der Waals surface area (Å²) in [6.45, 7) is 4.59. The van der Waals surface area contributed by atoms with Gasteiger partial charge in [-0.3, -0.25) is 0 Å². The molecule has 0 amide bonds. The zero-order valence-electron chi connectivity index (χ0n) is 16.8. The molecule has 8 heteroatoms. The van der Waals surface area contributed by atoms with Crippen molar-refractivity contribution in [2.24, 2.45) is 0 Å². The number of hydrogen-bond acceptors (Lipinski definition) is 4. The Hall–Kier alpha value is -1.74. The molecule has 3 rings (SSSR count). The molecule has 2 atom stereocenters. The maximum Gasteiger partial charge on any atom is 0.243 e. The van der Waals surface area contributed by atoms with E-state index in [9.17, 15) is 16.8 Å². The van der Waals surface area contributed by atoms with Crippen molar-refractivity contribution in [3.63, 3.8) is 0 Å². The lowest BCUT2D eigenvalue weighted by atomic mass is 9.92. The molecule has 0 aliphatic carbocycles. The lowest BCUT2D eigenvalue weighted by Crippen LogP contribution is -2.39. The summed E-state index contributed by atoms with van der Waals surface area (Å²) >= 11 is 0. The lowest BCUT2D eigenvalue weighted by molar-refractivity contribution is 0.315. The van der Waals surface area contributed by atoms with Crippen molar-refractivity contribution in [3.05, 3.63) is 60.2 Å². The van der Waals surface area contributed by atoms with Crippen molar-refractivity contribution in [3.8, 4) is 0 Å². The Morgan fingerprint density at radius 2 is 1.62 bits per heavy atom. The fourth-order valence-electron chi connectivity index (χ4n) is 3.51. The van der Waals surface area contributed by atoms with Crippen molar-refractivity contribution in [1.82, 2.24) is 9.03 Å². The van der Waals surface area contributed by atoms with Gasteiger partial charge in [-0.2, -0.15) is 4.31 Å². The standard InChI is InChI=1S/C21H28N2O4S2/c1-3-17(2)22-28(24,25)20-11-13-21(14-12-20)29(26,27)23-15-7-10-19(16-23)18-8-5-4-6-9-18/h4-6,8-9,11-14,17,19,22H,3,7,10,15-16H2,1-2H3/t17-,19-/m0/s1.